The molecule has 1 saturated carbocycles. The van der Waals surface area contributed by atoms with E-state index in [0.29, 0.717) is 18.4 Å². The molecule has 0 aromatic heterocycles. The third-order valence-electron chi connectivity index (χ3n) is 3.94. The number of aliphatic hydroxyl groups is 1. The molecule has 2 rings (SSSR count). The summed E-state index contributed by atoms with van der Waals surface area (Å²) in [7, 11) is 0. The standard InChI is InChI=1S/C15H21FN2O2.ClH/c16-13-8-11(4-5-12(13)10-19)9-18-14(20)15(17)6-2-1-3-7-15;/h4-5,8,19H,1-3,6-7,9-10,17H2,(H,18,20);1H. The summed E-state index contributed by atoms with van der Waals surface area (Å²) in [5, 5.41) is 11.7. The van der Waals surface area contributed by atoms with E-state index in [1.807, 2.05) is 0 Å². The van der Waals surface area contributed by atoms with Crippen LogP contribution in [0.4, 0.5) is 4.39 Å². The predicted molar refractivity (Wildman–Crippen MR) is 81.4 cm³/mol. The Morgan fingerprint density at radius 2 is 2.00 bits per heavy atom. The van der Waals surface area contributed by atoms with E-state index < -0.39 is 11.4 Å². The van der Waals surface area contributed by atoms with Gasteiger partial charge in [-0.05, 0) is 24.5 Å². The van der Waals surface area contributed by atoms with Crippen LogP contribution in [0.15, 0.2) is 18.2 Å². The topological polar surface area (TPSA) is 75.4 Å². The highest BCUT2D eigenvalue weighted by molar-refractivity contribution is 5.86. The zero-order valence-corrected chi connectivity index (χ0v) is 12.7. The average molecular weight is 317 g/mol. The summed E-state index contributed by atoms with van der Waals surface area (Å²) >= 11 is 0. The summed E-state index contributed by atoms with van der Waals surface area (Å²) in [5.41, 5.74) is 6.26. The van der Waals surface area contributed by atoms with Crippen LogP contribution < -0.4 is 11.1 Å². The van der Waals surface area contributed by atoms with Crippen LogP contribution in [0, 0.1) is 5.82 Å². The lowest BCUT2D eigenvalue weighted by atomic mass is 9.82. The van der Waals surface area contributed by atoms with E-state index in [1.165, 1.54) is 12.1 Å². The number of nitrogens with two attached hydrogens (primary N) is 1. The molecule has 0 bridgehead atoms. The van der Waals surface area contributed by atoms with Gasteiger partial charge in [0, 0.05) is 12.1 Å². The van der Waals surface area contributed by atoms with Crippen LogP contribution in [0.1, 0.15) is 43.2 Å². The Labute approximate surface area is 130 Å². The summed E-state index contributed by atoms with van der Waals surface area (Å²) in [4.78, 5) is 12.1. The van der Waals surface area contributed by atoms with Gasteiger partial charge in [-0.2, -0.15) is 0 Å². The third-order valence-corrected chi connectivity index (χ3v) is 3.94. The number of halogens is 2. The molecule has 1 aliphatic carbocycles. The molecule has 1 amide bonds. The SMILES string of the molecule is Cl.NC1(C(=O)NCc2ccc(CO)c(F)c2)CCCCC1. The molecule has 0 radical (unpaired) electrons. The average Bonchev–Trinajstić information content (AvgIpc) is 2.45. The molecule has 0 atom stereocenters. The fourth-order valence-corrected chi connectivity index (χ4v) is 2.60. The van der Waals surface area contributed by atoms with Crippen LogP contribution in [-0.2, 0) is 17.9 Å². The van der Waals surface area contributed by atoms with E-state index >= 15 is 0 Å². The Morgan fingerprint density at radius 1 is 1.33 bits per heavy atom. The van der Waals surface area contributed by atoms with Crippen molar-refractivity contribution in [3.63, 3.8) is 0 Å². The maximum absolute atomic E-state index is 13.5. The molecule has 0 spiro atoms. The van der Waals surface area contributed by atoms with Crippen molar-refractivity contribution >= 4 is 18.3 Å². The van der Waals surface area contributed by atoms with Gasteiger partial charge in [0.05, 0.1) is 12.1 Å². The summed E-state index contributed by atoms with van der Waals surface area (Å²) in [6.07, 6.45) is 4.49. The maximum Gasteiger partial charge on any atom is 0.240 e. The van der Waals surface area contributed by atoms with Crippen LogP contribution in [0.3, 0.4) is 0 Å². The van der Waals surface area contributed by atoms with Crippen molar-refractivity contribution < 1.29 is 14.3 Å². The number of benzene rings is 1. The Balaban J connectivity index is 0.00000220. The molecule has 0 heterocycles. The molecule has 0 aliphatic heterocycles. The first-order valence-corrected chi connectivity index (χ1v) is 7.00. The molecular formula is C15H22ClFN2O2. The third kappa shape index (κ3) is 4.40. The van der Waals surface area contributed by atoms with Crippen molar-refractivity contribution in [3.8, 4) is 0 Å². The maximum atomic E-state index is 13.5. The second kappa shape index (κ2) is 7.73. The van der Waals surface area contributed by atoms with E-state index in [-0.39, 0.29) is 37.0 Å². The van der Waals surface area contributed by atoms with Crippen molar-refractivity contribution in [3.05, 3.63) is 35.1 Å². The molecule has 1 aromatic carbocycles. The monoisotopic (exact) mass is 316 g/mol. The first kappa shape index (κ1) is 17.9. The molecule has 4 nitrogen and oxygen atoms in total. The van der Waals surface area contributed by atoms with Gasteiger partial charge in [0.1, 0.15) is 5.82 Å². The van der Waals surface area contributed by atoms with E-state index in [2.05, 4.69) is 5.32 Å². The van der Waals surface area contributed by atoms with Gasteiger partial charge in [-0.3, -0.25) is 4.79 Å². The second-order valence-corrected chi connectivity index (χ2v) is 5.48. The van der Waals surface area contributed by atoms with Gasteiger partial charge in [0.15, 0.2) is 0 Å². The zero-order chi connectivity index (χ0) is 14.6. The van der Waals surface area contributed by atoms with Crippen LogP contribution in [-0.4, -0.2) is 16.6 Å². The molecule has 4 N–H and O–H groups in total. The van der Waals surface area contributed by atoms with Gasteiger partial charge in [-0.25, -0.2) is 4.39 Å². The highest BCUT2D eigenvalue weighted by Crippen LogP contribution is 2.26. The van der Waals surface area contributed by atoms with Gasteiger partial charge in [-0.15, -0.1) is 12.4 Å². The van der Waals surface area contributed by atoms with Gasteiger partial charge in [0.25, 0.3) is 0 Å². The molecule has 118 valence electrons. The number of nitrogens with one attached hydrogen (secondary N) is 1. The van der Waals surface area contributed by atoms with E-state index in [1.54, 1.807) is 6.07 Å². The fourth-order valence-electron chi connectivity index (χ4n) is 2.60. The smallest absolute Gasteiger partial charge is 0.240 e. The zero-order valence-electron chi connectivity index (χ0n) is 11.9. The molecule has 6 heteroatoms. The number of aliphatic hydroxyl groups excluding tert-OH is 1. The Bertz CT molecular complexity index is 491. The van der Waals surface area contributed by atoms with Crippen molar-refractivity contribution in [2.45, 2.75) is 50.8 Å². The molecule has 0 saturated heterocycles. The quantitative estimate of drug-likeness (QED) is 0.795. The lowest BCUT2D eigenvalue weighted by Crippen LogP contribution is -2.54. The summed E-state index contributed by atoms with van der Waals surface area (Å²) in [6, 6.07) is 4.55. The highest BCUT2D eigenvalue weighted by atomic mass is 35.5. The lowest BCUT2D eigenvalue weighted by molar-refractivity contribution is -0.127. The van der Waals surface area contributed by atoms with Crippen molar-refractivity contribution in [2.75, 3.05) is 0 Å². The molecule has 21 heavy (non-hydrogen) atoms. The van der Waals surface area contributed by atoms with Gasteiger partial charge in [-0.1, -0.05) is 31.4 Å². The predicted octanol–water partition coefficient (Wildman–Crippen LogP) is 2.02. The van der Waals surface area contributed by atoms with Crippen molar-refractivity contribution in [1.29, 1.82) is 0 Å². The van der Waals surface area contributed by atoms with Gasteiger partial charge >= 0.3 is 0 Å². The number of carbonyl (C=O) groups is 1. The Morgan fingerprint density at radius 3 is 2.57 bits per heavy atom. The van der Waals surface area contributed by atoms with Crippen molar-refractivity contribution in [2.24, 2.45) is 5.73 Å². The highest BCUT2D eigenvalue weighted by Gasteiger charge is 2.34. The Hall–Kier alpha value is -1.17. The minimum Gasteiger partial charge on any atom is -0.392 e. The number of hydrogen-bond acceptors (Lipinski definition) is 3. The summed E-state index contributed by atoms with van der Waals surface area (Å²) in [5.74, 6) is -0.622. The molecule has 1 aromatic rings. The first-order chi connectivity index (χ1) is 9.55. The molecular weight excluding hydrogens is 295 g/mol. The van der Waals surface area contributed by atoms with E-state index in [9.17, 15) is 9.18 Å². The summed E-state index contributed by atoms with van der Waals surface area (Å²) in [6.45, 7) is -0.0786. The minimum atomic E-state index is -0.776. The van der Waals surface area contributed by atoms with Crippen LogP contribution >= 0.6 is 12.4 Å². The van der Waals surface area contributed by atoms with Crippen molar-refractivity contribution in [1.82, 2.24) is 5.32 Å². The van der Waals surface area contributed by atoms with E-state index in [4.69, 9.17) is 10.8 Å². The van der Waals surface area contributed by atoms with E-state index in [0.717, 1.165) is 19.3 Å². The van der Waals surface area contributed by atoms with Crippen LogP contribution in [0.25, 0.3) is 0 Å². The second-order valence-electron chi connectivity index (χ2n) is 5.48. The first-order valence-electron chi connectivity index (χ1n) is 7.00. The lowest BCUT2D eigenvalue weighted by Gasteiger charge is -2.31. The van der Waals surface area contributed by atoms with Gasteiger partial charge < -0.3 is 16.2 Å². The van der Waals surface area contributed by atoms with Crippen LogP contribution in [0.5, 0.6) is 0 Å². The number of rotatable bonds is 4. The normalized spacial score (nSPS) is 16.9. The number of hydrogen-bond donors (Lipinski definition) is 3. The number of amides is 1. The summed E-state index contributed by atoms with van der Waals surface area (Å²) < 4.78 is 13.5. The molecule has 1 aliphatic rings. The minimum absolute atomic E-state index is 0. The fraction of sp³-hybridized carbons (Fsp3) is 0.533. The van der Waals surface area contributed by atoms with Gasteiger partial charge in [0.2, 0.25) is 5.91 Å². The van der Waals surface area contributed by atoms with Crippen LogP contribution in [0.2, 0.25) is 0 Å². The molecule has 0 unspecified atom stereocenters. The Kier molecular flexibility index (Phi) is 6.58. The number of carbonyl (C=O) groups excluding carboxylic acids is 1. The molecule has 1 fully saturated rings. The largest absolute Gasteiger partial charge is 0.392 e.